The molecule has 2 aromatic heterocycles. The monoisotopic (exact) mass is 453 g/mol. The van der Waals surface area contributed by atoms with E-state index in [1.165, 1.54) is 24.4 Å². The van der Waals surface area contributed by atoms with E-state index >= 15 is 0 Å². The average Bonchev–Trinajstić information content (AvgIpc) is 3.64. The fourth-order valence-corrected chi connectivity index (χ4v) is 4.84. The zero-order valence-corrected chi connectivity index (χ0v) is 18.6. The first kappa shape index (κ1) is 20.6. The van der Waals surface area contributed by atoms with E-state index in [0.29, 0.717) is 29.2 Å². The molecule has 0 unspecified atom stereocenters. The second kappa shape index (κ2) is 7.81. The molecule has 2 aliphatic rings. The van der Waals surface area contributed by atoms with Gasteiger partial charge in [0.2, 0.25) is 0 Å². The summed E-state index contributed by atoms with van der Waals surface area (Å²) in [6.07, 6.45) is 4.31. The van der Waals surface area contributed by atoms with Crippen molar-refractivity contribution in [3.8, 4) is 11.8 Å². The molecule has 6 heteroatoms. The first-order chi connectivity index (χ1) is 16.5. The topological polar surface area (TPSA) is 50.3 Å². The van der Waals surface area contributed by atoms with Gasteiger partial charge in [-0.3, -0.25) is 0 Å². The van der Waals surface area contributed by atoms with E-state index in [1.807, 2.05) is 16.5 Å². The number of fused-ring (bicyclic) bond motifs is 3. The molecule has 34 heavy (non-hydrogen) atoms. The maximum absolute atomic E-state index is 14.0. The predicted octanol–water partition coefficient (Wildman–Crippen LogP) is 6.32. The summed E-state index contributed by atoms with van der Waals surface area (Å²) >= 11 is 0. The zero-order chi connectivity index (χ0) is 23.4. The molecule has 1 aliphatic heterocycles. The first-order valence-electron chi connectivity index (χ1n) is 11.3. The lowest BCUT2D eigenvalue weighted by molar-refractivity contribution is 0.305. The number of imidazole rings is 1. The van der Waals surface area contributed by atoms with Gasteiger partial charge in [0.15, 0.2) is 0 Å². The molecule has 0 amide bonds. The molecule has 168 valence electrons. The van der Waals surface area contributed by atoms with Gasteiger partial charge in [0.05, 0.1) is 17.5 Å². The summed E-state index contributed by atoms with van der Waals surface area (Å²) in [6, 6.07) is 15.9. The van der Waals surface area contributed by atoms with E-state index < -0.39 is 0 Å². The highest BCUT2D eigenvalue weighted by atomic mass is 19.1. The lowest BCUT2D eigenvalue weighted by Crippen LogP contribution is -2.02. The largest absolute Gasteiger partial charge is 0.488 e. The van der Waals surface area contributed by atoms with Crippen LogP contribution in [0.15, 0.2) is 60.3 Å². The quantitative estimate of drug-likeness (QED) is 0.341. The van der Waals surface area contributed by atoms with Crippen molar-refractivity contribution in [3.05, 3.63) is 106 Å². The Labute approximate surface area is 195 Å². The van der Waals surface area contributed by atoms with Gasteiger partial charge in [0, 0.05) is 41.3 Å². The van der Waals surface area contributed by atoms with Crippen LogP contribution in [0, 0.1) is 23.0 Å². The van der Waals surface area contributed by atoms with Crippen molar-refractivity contribution < 1.29 is 13.5 Å². The first-order valence-corrected chi connectivity index (χ1v) is 11.3. The average molecular weight is 453 g/mol. The van der Waals surface area contributed by atoms with E-state index in [1.54, 1.807) is 19.1 Å². The van der Waals surface area contributed by atoms with Crippen LogP contribution in [0.5, 0.6) is 5.75 Å². The Kier molecular flexibility index (Phi) is 4.73. The van der Waals surface area contributed by atoms with Crippen molar-refractivity contribution in [1.82, 2.24) is 9.38 Å². The summed E-state index contributed by atoms with van der Waals surface area (Å²) in [5.41, 5.74) is 7.67. The second-order valence-corrected chi connectivity index (χ2v) is 9.00. The minimum Gasteiger partial charge on any atom is -0.488 e. The summed E-state index contributed by atoms with van der Waals surface area (Å²) in [5, 5.41) is 9.66. The molecule has 4 aromatic rings. The van der Waals surface area contributed by atoms with Gasteiger partial charge < -0.3 is 9.14 Å². The van der Waals surface area contributed by atoms with E-state index in [0.717, 1.165) is 52.1 Å². The Bertz CT molecular complexity index is 1540. The van der Waals surface area contributed by atoms with Gasteiger partial charge in [-0.2, -0.15) is 5.26 Å². The van der Waals surface area contributed by atoms with Crippen LogP contribution in [0.25, 0.3) is 11.2 Å². The van der Waals surface area contributed by atoms with Crippen molar-refractivity contribution in [2.24, 2.45) is 0 Å². The molecule has 0 bridgehead atoms. The lowest BCUT2D eigenvalue weighted by Gasteiger charge is -2.13. The molecule has 0 N–H and O–H groups in total. The summed E-state index contributed by atoms with van der Waals surface area (Å²) in [4.78, 5) is 4.79. The summed E-state index contributed by atoms with van der Waals surface area (Å²) in [7, 11) is 0. The molecular weight excluding hydrogens is 432 g/mol. The molecule has 0 saturated heterocycles. The number of hydrogen-bond donors (Lipinski definition) is 0. The van der Waals surface area contributed by atoms with Crippen LogP contribution in [-0.4, -0.2) is 9.38 Å². The van der Waals surface area contributed by atoms with Crippen LogP contribution < -0.4 is 4.74 Å². The molecule has 0 radical (unpaired) electrons. The standard InChI is InChI=1S/C28H21F2N3O/c1-16(13-31)27-22-7-2-17(10-19(22)15-34-25-12-20(29)5-8-23(25)27)11-24-28(18-3-4-18)32-26-9-6-21(30)14-33(24)26/h2,5-10,12,14,18H,3-4,11,15H2,1H3. The normalized spacial score (nSPS) is 16.3. The number of hydrogen-bond acceptors (Lipinski definition) is 3. The molecule has 0 spiro atoms. The van der Waals surface area contributed by atoms with E-state index in [-0.39, 0.29) is 18.2 Å². The highest BCUT2D eigenvalue weighted by Gasteiger charge is 2.30. The van der Waals surface area contributed by atoms with Crippen molar-refractivity contribution in [1.29, 1.82) is 5.26 Å². The smallest absolute Gasteiger partial charge is 0.139 e. The van der Waals surface area contributed by atoms with Crippen LogP contribution in [0.3, 0.4) is 0 Å². The molecule has 3 heterocycles. The van der Waals surface area contributed by atoms with Gasteiger partial charge in [-0.25, -0.2) is 13.8 Å². The molecule has 1 fully saturated rings. The number of aromatic nitrogens is 2. The Morgan fingerprint density at radius 1 is 1.09 bits per heavy atom. The van der Waals surface area contributed by atoms with E-state index in [2.05, 4.69) is 12.1 Å². The van der Waals surface area contributed by atoms with Crippen LogP contribution in [0.1, 0.15) is 59.3 Å². The number of pyridine rings is 1. The number of halogens is 2. The number of nitriles is 1. The van der Waals surface area contributed by atoms with Crippen molar-refractivity contribution >= 4 is 11.2 Å². The van der Waals surface area contributed by atoms with Gasteiger partial charge in [0.1, 0.15) is 29.6 Å². The Morgan fingerprint density at radius 3 is 2.68 bits per heavy atom. The van der Waals surface area contributed by atoms with Crippen LogP contribution in [0.2, 0.25) is 0 Å². The van der Waals surface area contributed by atoms with Crippen molar-refractivity contribution in [2.45, 2.75) is 38.7 Å². The predicted molar refractivity (Wildman–Crippen MR) is 124 cm³/mol. The number of benzene rings is 2. The molecule has 6 rings (SSSR count). The fraction of sp³-hybridized carbons (Fsp3) is 0.214. The summed E-state index contributed by atoms with van der Waals surface area (Å²) in [6.45, 7) is 2.03. The third-order valence-corrected chi connectivity index (χ3v) is 6.63. The number of allylic oxidation sites excluding steroid dienone is 1. The van der Waals surface area contributed by atoms with Gasteiger partial charge in [-0.15, -0.1) is 0 Å². The number of nitrogens with zero attached hydrogens (tertiary/aromatic N) is 3. The van der Waals surface area contributed by atoms with Crippen molar-refractivity contribution in [3.63, 3.8) is 0 Å². The molecule has 1 aliphatic carbocycles. The second-order valence-electron chi connectivity index (χ2n) is 9.00. The highest BCUT2D eigenvalue weighted by molar-refractivity contribution is 5.88. The Balaban J connectivity index is 1.45. The molecule has 1 saturated carbocycles. The number of rotatable bonds is 3. The molecule has 2 aromatic carbocycles. The summed E-state index contributed by atoms with van der Waals surface area (Å²) < 4.78 is 35.8. The van der Waals surface area contributed by atoms with Gasteiger partial charge in [-0.1, -0.05) is 18.2 Å². The third-order valence-electron chi connectivity index (χ3n) is 6.63. The van der Waals surface area contributed by atoms with Crippen LogP contribution in [0.4, 0.5) is 8.78 Å². The Hall–Kier alpha value is -3.98. The van der Waals surface area contributed by atoms with E-state index in [4.69, 9.17) is 9.72 Å². The van der Waals surface area contributed by atoms with Crippen LogP contribution >= 0.6 is 0 Å². The lowest BCUT2D eigenvalue weighted by atomic mass is 9.89. The fourth-order valence-electron chi connectivity index (χ4n) is 4.84. The Morgan fingerprint density at radius 2 is 1.88 bits per heavy atom. The van der Waals surface area contributed by atoms with Crippen LogP contribution in [-0.2, 0) is 13.0 Å². The summed E-state index contributed by atoms with van der Waals surface area (Å²) in [5.74, 6) is 0.178. The number of ether oxygens (including phenoxy) is 1. The minimum atomic E-state index is -0.383. The maximum atomic E-state index is 14.0. The zero-order valence-electron chi connectivity index (χ0n) is 18.6. The minimum absolute atomic E-state index is 0.263. The third kappa shape index (κ3) is 3.45. The molecule has 0 atom stereocenters. The molecule has 4 nitrogen and oxygen atoms in total. The van der Waals surface area contributed by atoms with Gasteiger partial charge in [0.25, 0.3) is 0 Å². The van der Waals surface area contributed by atoms with Gasteiger partial charge in [-0.05, 0) is 60.7 Å². The molecular formula is C28H21F2N3O. The maximum Gasteiger partial charge on any atom is 0.139 e. The SMILES string of the molecule is CC(C#N)=C1c2ccc(Cc3c(C4CC4)nc4ccc(F)cn34)cc2COc2cc(F)ccc21. The van der Waals surface area contributed by atoms with Crippen molar-refractivity contribution in [2.75, 3.05) is 0 Å². The van der Waals surface area contributed by atoms with Gasteiger partial charge >= 0.3 is 0 Å². The van der Waals surface area contributed by atoms with E-state index in [9.17, 15) is 14.0 Å². The highest BCUT2D eigenvalue weighted by Crippen LogP contribution is 2.43.